The number of hydrogen-bond donors (Lipinski definition) is 2. The molecule has 0 radical (unpaired) electrons. The van der Waals surface area contributed by atoms with Gasteiger partial charge in [0.25, 0.3) is 0 Å². The highest BCUT2D eigenvalue weighted by Crippen LogP contribution is 2.37. The van der Waals surface area contributed by atoms with Crippen LogP contribution in [0.2, 0.25) is 0 Å². The zero-order valence-corrected chi connectivity index (χ0v) is 10.4. The molecule has 1 heterocycles. The highest BCUT2D eigenvalue weighted by atomic mass is 16.3. The van der Waals surface area contributed by atoms with E-state index in [1.54, 1.807) is 0 Å². The number of hydrogen-bond acceptors (Lipinski definition) is 3. The van der Waals surface area contributed by atoms with Gasteiger partial charge in [0.1, 0.15) is 5.82 Å². The Kier molecular flexibility index (Phi) is 3.06. The van der Waals surface area contributed by atoms with Crippen LogP contribution in [0.3, 0.4) is 0 Å². The van der Waals surface area contributed by atoms with Gasteiger partial charge < -0.3 is 15.4 Å². The van der Waals surface area contributed by atoms with Crippen molar-refractivity contribution in [3.8, 4) is 0 Å². The van der Waals surface area contributed by atoms with E-state index in [-0.39, 0.29) is 12.6 Å². The minimum absolute atomic E-state index is 0.0172. The molecule has 96 valence electrons. The van der Waals surface area contributed by atoms with Crippen LogP contribution in [0.25, 0.3) is 11.0 Å². The molecule has 0 spiro atoms. The number of rotatable bonds is 5. The predicted octanol–water partition coefficient (Wildman–Crippen LogP) is 1.83. The summed E-state index contributed by atoms with van der Waals surface area (Å²) in [6, 6.07) is 7.99. The molecule has 18 heavy (non-hydrogen) atoms. The van der Waals surface area contributed by atoms with Gasteiger partial charge in [-0.1, -0.05) is 25.0 Å². The Bertz CT molecular complexity index is 545. The molecular formula is C14H19N3O. The van der Waals surface area contributed by atoms with Crippen molar-refractivity contribution >= 4 is 11.0 Å². The zero-order valence-electron chi connectivity index (χ0n) is 10.4. The molecule has 0 saturated heterocycles. The second-order valence-corrected chi connectivity index (χ2v) is 5.12. The summed E-state index contributed by atoms with van der Waals surface area (Å²) in [5.41, 5.74) is 8.29. The van der Waals surface area contributed by atoms with E-state index in [1.165, 1.54) is 12.8 Å². The molecule has 0 amide bonds. The van der Waals surface area contributed by atoms with E-state index in [0.29, 0.717) is 6.54 Å². The van der Waals surface area contributed by atoms with Gasteiger partial charge in [0.2, 0.25) is 0 Å². The first-order valence-corrected chi connectivity index (χ1v) is 6.61. The summed E-state index contributed by atoms with van der Waals surface area (Å²) < 4.78 is 2.06. The van der Waals surface area contributed by atoms with Crippen LogP contribution in [-0.2, 0) is 6.54 Å². The molecule has 1 fully saturated rings. The Balaban J connectivity index is 1.99. The van der Waals surface area contributed by atoms with Crippen LogP contribution < -0.4 is 5.73 Å². The zero-order chi connectivity index (χ0) is 12.5. The van der Waals surface area contributed by atoms with Gasteiger partial charge in [-0.15, -0.1) is 0 Å². The molecule has 4 heteroatoms. The number of fused-ring (bicyclic) bond motifs is 1. The lowest BCUT2D eigenvalue weighted by Gasteiger charge is -2.13. The van der Waals surface area contributed by atoms with Crippen LogP contribution in [-0.4, -0.2) is 21.3 Å². The molecule has 1 aromatic carbocycles. The molecule has 0 bridgehead atoms. The lowest BCUT2D eigenvalue weighted by Crippen LogP contribution is -2.18. The van der Waals surface area contributed by atoms with Crippen LogP contribution in [0.4, 0.5) is 0 Å². The molecule has 3 N–H and O–H groups in total. The fraction of sp³-hybridized carbons (Fsp3) is 0.500. The summed E-state index contributed by atoms with van der Waals surface area (Å²) in [5, 5.41) is 9.21. The van der Waals surface area contributed by atoms with E-state index in [2.05, 4.69) is 9.55 Å². The van der Waals surface area contributed by atoms with E-state index < -0.39 is 0 Å². The van der Waals surface area contributed by atoms with E-state index in [1.807, 2.05) is 24.3 Å². The van der Waals surface area contributed by atoms with E-state index in [0.717, 1.165) is 29.2 Å². The van der Waals surface area contributed by atoms with Gasteiger partial charge in [-0.05, 0) is 24.5 Å². The number of imidazole rings is 1. The predicted molar refractivity (Wildman–Crippen MR) is 71.1 cm³/mol. The topological polar surface area (TPSA) is 64.1 Å². The maximum atomic E-state index is 9.21. The quantitative estimate of drug-likeness (QED) is 0.844. The molecule has 4 nitrogen and oxygen atoms in total. The highest BCUT2D eigenvalue weighted by molar-refractivity contribution is 5.76. The minimum Gasteiger partial charge on any atom is -0.395 e. The summed E-state index contributed by atoms with van der Waals surface area (Å²) >= 11 is 0. The Morgan fingerprint density at radius 3 is 2.89 bits per heavy atom. The van der Waals surface area contributed by atoms with Crippen molar-refractivity contribution in [3.63, 3.8) is 0 Å². The molecule has 1 unspecified atom stereocenters. The molecule has 3 rings (SSSR count). The number of para-hydroxylation sites is 2. The van der Waals surface area contributed by atoms with Crippen molar-refractivity contribution in [2.24, 2.45) is 11.7 Å². The van der Waals surface area contributed by atoms with Crippen molar-refractivity contribution in [1.29, 1.82) is 0 Å². The second-order valence-electron chi connectivity index (χ2n) is 5.12. The van der Waals surface area contributed by atoms with Crippen molar-refractivity contribution in [1.82, 2.24) is 9.55 Å². The van der Waals surface area contributed by atoms with E-state index in [4.69, 9.17) is 5.73 Å². The Labute approximate surface area is 106 Å². The molecule has 1 saturated carbocycles. The molecule has 1 aliphatic carbocycles. The third-order valence-corrected chi connectivity index (χ3v) is 3.62. The number of benzene rings is 1. The third kappa shape index (κ3) is 2.13. The van der Waals surface area contributed by atoms with Crippen LogP contribution in [0.15, 0.2) is 24.3 Å². The molecule has 1 aliphatic rings. The first-order valence-electron chi connectivity index (χ1n) is 6.61. The average molecular weight is 245 g/mol. The van der Waals surface area contributed by atoms with Gasteiger partial charge in [0.15, 0.2) is 0 Å². The SMILES string of the molecule is NC(CC1CC1)c1nc2ccccc2n1CCO. The smallest absolute Gasteiger partial charge is 0.126 e. The lowest BCUT2D eigenvalue weighted by atomic mass is 10.1. The maximum Gasteiger partial charge on any atom is 0.126 e. The summed E-state index contributed by atoms with van der Waals surface area (Å²) in [5.74, 6) is 1.69. The van der Waals surface area contributed by atoms with Crippen LogP contribution in [0.5, 0.6) is 0 Å². The molecule has 1 aromatic heterocycles. The molecule has 0 aliphatic heterocycles. The van der Waals surface area contributed by atoms with Crippen LogP contribution in [0.1, 0.15) is 31.1 Å². The molecular weight excluding hydrogens is 226 g/mol. The normalized spacial score (nSPS) is 17.2. The van der Waals surface area contributed by atoms with Gasteiger partial charge in [0.05, 0.1) is 23.7 Å². The summed E-state index contributed by atoms with van der Waals surface area (Å²) in [7, 11) is 0. The largest absolute Gasteiger partial charge is 0.395 e. The first-order chi connectivity index (χ1) is 8.79. The van der Waals surface area contributed by atoms with E-state index >= 15 is 0 Å². The highest BCUT2D eigenvalue weighted by Gasteiger charge is 2.27. The Morgan fingerprint density at radius 1 is 1.39 bits per heavy atom. The van der Waals surface area contributed by atoms with Gasteiger partial charge >= 0.3 is 0 Å². The summed E-state index contributed by atoms with van der Waals surface area (Å²) in [6.07, 6.45) is 3.61. The number of nitrogens with two attached hydrogens (primary N) is 1. The number of aliphatic hydroxyl groups excluding tert-OH is 1. The maximum absolute atomic E-state index is 9.21. The van der Waals surface area contributed by atoms with Crippen molar-refractivity contribution in [2.75, 3.05) is 6.61 Å². The number of aliphatic hydroxyl groups is 1. The van der Waals surface area contributed by atoms with Gasteiger partial charge in [-0.3, -0.25) is 0 Å². The lowest BCUT2D eigenvalue weighted by molar-refractivity contribution is 0.274. The average Bonchev–Trinajstić information content (AvgIpc) is 3.11. The van der Waals surface area contributed by atoms with Gasteiger partial charge in [0, 0.05) is 6.54 Å². The van der Waals surface area contributed by atoms with Crippen LogP contribution >= 0.6 is 0 Å². The van der Waals surface area contributed by atoms with Gasteiger partial charge in [-0.2, -0.15) is 0 Å². The Morgan fingerprint density at radius 2 is 2.17 bits per heavy atom. The monoisotopic (exact) mass is 245 g/mol. The van der Waals surface area contributed by atoms with Crippen molar-refractivity contribution in [3.05, 3.63) is 30.1 Å². The third-order valence-electron chi connectivity index (χ3n) is 3.62. The minimum atomic E-state index is -0.0172. The standard InChI is InChI=1S/C14H19N3O/c15-11(9-10-5-6-10)14-16-12-3-1-2-4-13(12)17(14)7-8-18/h1-4,10-11,18H,5-9,15H2. The molecule has 1 atom stereocenters. The van der Waals surface area contributed by atoms with Crippen LogP contribution in [0, 0.1) is 5.92 Å². The summed E-state index contributed by atoms with van der Waals surface area (Å²) in [6.45, 7) is 0.678. The second kappa shape index (κ2) is 4.71. The molecule has 2 aromatic rings. The number of nitrogens with zero attached hydrogens (tertiary/aromatic N) is 2. The van der Waals surface area contributed by atoms with Crippen molar-refractivity contribution < 1.29 is 5.11 Å². The van der Waals surface area contributed by atoms with Crippen molar-refractivity contribution in [2.45, 2.75) is 31.8 Å². The summed E-state index contributed by atoms with van der Waals surface area (Å²) in [4.78, 5) is 4.64. The number of aromatic nitrogens is 2. The van der Waals surface area contributed by atoms with Gasteiger partial charge in [-0.25, -0.2) is 4.98 Å². The fourth-order valence-corrected chi connectivity index (χ4v) is 2.53. The first kappa shape index (κ1) is 11.7. The Hall–Kier alpha value is -1.39. The van der Waals surface area contributed by atoms with E-state index in [9.17, 15) is 5.11 Å². The fourth-order valence-electron chi connectivity index (χ4n) is 2.53.